The van der Waals surface area contributed by atoms with Crippen LogP contribution in [0.3, 0.4) is 0 Å². The van der Waals surface area contributed by atoms with Gasteiger partial charge in [0.1, 0.15) is 4.90 Å². The Kier molecular flexibility index (Phi) is 6.11. The fourth-order valence-electron chi connectivity index (χ4n) is 1.84. The maximum atomic E-state index is 12.4. The molecule has 9 heteroatoms. The van der Waals surface area contributed by atoms with E-state index in [9.17, 15) is 13.2 Å². The Bertz CT molecular complexity index is 872. The van der Waals surface area contributed by atoms with Crippen molar-refractivity contribution in [2.45, 2.75) is 17.9 Å². The van der Waals surface area contributed by atoms with Crippen LogP contribution in [0.5, 0.6) is 0 Å². The van der Waals surface area contributed by atoms with Crippen molar-refractivity contribution in [2.75, 3.05) is 5.32 Å². The number of nitrogens with one attached hydrogen (secondary N) is 2. The maximum Gasteiger partial charge on any atom is 0.242 e. The van der Waals surface area contributed by atoms with Crippen molar-refractivity contribution in [1.82, 2.24) is 4.72 Å². The van der Waals surface area contributed by atoms with E-state index < -0.39 is 22.0 Å². The first kappa shape index (κ1) is 19.0. The van der Waals surface area contributed by atoms with Gasteiger partial charge in [-0.05, 0) is 37.3 Å². The molecule has 2 aromatic rings. The number of benzene rings is 2. The van der Waals surface area contributed by atoms with E-state index >= 15 is 0 Å². The van der Waals surface area contributed by atoms with Crippen LogP contribution < -0.4 is 10.0 Å². The van der Waals surface area contributed by atoms with Gasteiger partial charge in [0.15, 0.2) is 0 Å². The summed E-state index contributed by atoms with van der Waals surface area (Å²) in [5.74, 6) is -0.565. The predicted octanol–water partition coefficient (Wildman–Crippen LogP) is 3.95. The van der Waals surface area contributed by atoms with E-state index in [-0.39, 0.29) is 14.9 Å². The molecule has 2 aromatic carbocycles. The maximum absolute atomic E-state index is 12.4. The Morgan fingerprint density at radius 1 is 1.04 bits per heavy atom. The molecule has 0 spiro atoms. The van der Waals surface area contributed by atoms with Gasteiger partial charge in [0.2, 0.25) is 15.9 Å². The fourth-order valence-corrected chi connectivity index (χ4v) is 3.98. The van der Waals surface area contributed by atoms with Gasteiger partial charge >= 0.3 is 0 Å². The topological polar surface area (TPSA) is 75.3 Å². The van der Waals surface area contributed by atoms with Crippen LogP contribution in [-0.4, -0.2) is 20.4 Å². The zero-order valence-corrected chi connectivity index (χ0v) is 15.5. The second-order valence-corrected chi connectivity index (χ2v) is 7.82. The normalized spacial score (nSPS) is 12.7. The van der Waals surface area contributed by atoms with Crippen molar-refractivity contribution in [2.24, 2.45) is 0 Å². The molecule has 2 N–H and O–H groups in total. The summed E-state index contributed by atoms with van der Waals surface area (Å²) < 4.78 is 27.0. The minimum atomic E-state index is -4.02. The first-order valence-electron chi connectivity index (χ1n) is 6.73. The summed E-state index contributed by atoms with van der Waals surface area (Å²) in [7, 11) is -4.02. The van der Waals surface area contributed by atoms with Gasteiger partial charge in [-0.3, -0.25) is 4.79 Å². The SMILES string of the molecule is CC(NS(=O)(=O)c1cc(Cl)ccc1Cl)C(=O)Nc1ccccc1Cl. The number of rotatable bonds is 5. The molecule has 1 atom stereocenters. The summed E-state index contributed by atoms with van der Waals surface area (Å²) in [6.45, 7) is 1.40. The third-order valence-electron chi connectivity index (χ3n) is 3.04. The molecule has 1 unspecified atom stereocenters. The molecule has 0 aromatic heterocycles. The van der Waals surface area contributed by atoms with Gasteiger partial charge in [-0.1, -0.05) is 46.9 Å². The first-order valence-corrected chi connectivity index (χ1v) is 9.35. The van der Waals surface area contributed by atoms with Crippen molar-refractivity contribution < 1.29 is 13.2 Å². The van der Waals surface area contributed by atoms with Crippen LogP contribution in [0.4, 0.5) is 5.69 Å². The van der Waals surface area contributed by atoms with Crippen molar-refractivity contribution in [3.8, 4) is 0 Å². The van der Waals surface area contributed by atoms with Crippen LogP contribution in [-0.2, 0) is 14.8 Å². The van der Waals surface area contributed by atoms with Gasteiger partial charge in [-0.25, -0.2) is 8.42 Å². The molecule has 24 heavy (non-hydrogen) atoms. The molecule has 0 bridgehead atoms. The van der Waals surface area contributed by atoms with Crippen molar-refractivity contribution in [3.63, 3.8) is 0 Å². The highest BCUT2D eigenvalue weighted by atomic mass is 35.5. The van der Waals surface area contributed by atoms with Gasteiger partial charge in [-0.2, -0.15) is 4.72 Å². The molecule has 0 radical (unpaired) electrons. The second kappa shape index (κ2) is 7.72. The van der Waals surface area contributed by atoms with Crippen LogP contribution >= 0.6 is 34.8 Å². The Morgan fingerprint density at radius 2 is 1.71 bits per heavy atom. The van der Waals surface area contributed by atoms with E-state index in [1.165, 1.54) is 25.1 Å². The summed E-state index contributed by atoms with van der Waals surface area (Å²) in [5, 5.41) is 3.12. The summed E-state index contributed by atoms with van der Waals surface area (Å²) >= 11 is 17.7. The fraction of sp³-hybridized carbons (Fsp3) is 0.133. The predicted molar refractivity (Wildman–Crippen MR) is 96.3 cm³/mol. The van der Waals surface area contributed by atoms with E-state index in [0.29, 0.717) is 10.7 Å². The number of amides is 1. The molecule has 0 saturated heterocycles. The standard InChI is InChI=1S/C15H13Cl3N2O3S/c1-9(15(21)19-13-5-3-2-4-11(13)17)20-24(22,23)14-8-10(16)6-7-12(14)18/h2-9,20H,1H3,(H,19,21). The van der Waals surface area contributed by atoms with E-state index in [4.69, 9.17) is 34.8 Å². The smallest absolute Gasteiger partial charge is 0.242 e. The summed E-state index contributed by atoms with van der Waals surface area (Å²) in [6, 6.07) is 9.62. The van der Waals surface area contributed by atoms with Gasteiger partial charge in [0.05, 0.1) is 21.8 Å². The molecule has 5 nitrogen and oxygen atoms in total. The Balaban J connectivity index is 2.16. The zero-order valence-electron chi connectivity index (χ0n) is 12.4. The van der Waals surface area contributed by atoms with Crippen molar-refractivity contribution >= 4 is 56.4 Å². The average molecular weight is 408 g/mol. The molecular weight excluding hydrogens is 395 g/mol. The lowest BCUT2D eigenvalue weighted by Gasteiger charge is -2.15. The quantitative estimate of drug-likeness (QED) is 0.788. The Labute approximate surface area is 155 Å². The molecule has 1 amide bonds. The number of carbonyl (C=O) groups is 1. The summed E-state index contributed by atoms with van der Waals surface area (Å²) in [6.07, 6.45) is 0. The highest BCUT2D eigenvalue weighted by Crippen LogP contribution is 2.25. The van der Waals surface area contributed by atoms with Crippen LogP contribution in [0.15, 0.2) is 47.4 Å². The lowest BCUT2D eigenvalue weighted by molar-refractivity contribution is -0.117. The third-order valence-corrected chi connectivity index (χ3v) is 5.63. The second-order valence-electron chi connectivity index (χ2n) is 4.89. The number of hydrogen-bond donors (Lipinski definition) is 2. The summed E-state index contributed by atoms with van der Waals surface area (Å²) in [4.78, 5) is 12.0. The van der Waals surface area contributed by atoms with Crippen molar-refractivity contribution in [1.29, 1.82) is 0 Å². The molecule has 0 saturated carbocycles. The van der Waals surface area contributed by atoms with E-state index in [1.54, 1.807) is 24.3 Å². The van der Waals surface area contributed by atoms with E-state index in [2.05, 4.69) is 10.0 Å². The van der Waals surface area contributed by atoms with Gasteiger partial charge in [0.25, 0.3) is 0 Å². The molecule has 2 rings (SSSR count). The highest BCUT2D eigenvalue weighted by Gasteiger charge is 2.24. The molecule has 0 fully saturated rings. The molecule has 0 heterocycles. The summed E-state index contributed by atoms with van der Waals surface area (Å²) in [5.41, 5.74) is 0.385. The van der Waals surface area contributed by atoms with Crippen LogP contribution in [0.1, 0.15) is 6.92 Å². The van der Waals surface area contributed by atoms with Gasteiger partial charge in [-0.15, -0.1) is 0 Å². The molecule has 0 aliphatic heterocycles. The number of halogens is 3. The molecular formula is C15H13Cl3N2O3S. The average Bonchev–Trinajstić information content (AvgIpc) is 2.51. The Hall–Kier alpha value is -1.31. The first-order chi connectivity index (χ1) is 11.2. The number of anilines is 1. The number of hydrogen-bond acceptors (Lipinski definition) is 3. The van der Waals surface area contributed by atoms with Crippen LogP contribution in [0.25, 0.3) is 0 Å². The molecule has 0 aliphatic carbocycles. The van der Waals surface area contributed by atoms with Crippen LogP contribution in [0.2, 0.25) is 15.1 Å². The lowest BCUT2D eigenvalue weighted by atomic mass is 10.3. The minimum absolute atomic E-state index is 0.00520. The van der Waals surface area contributed by atoms with E-state index in [0.717, 1.165) is 0 Å². The number of carbonyl (C=O) groups excluding carboxylic acids is 1. The lowest BCUT2D eigenvalue weighted by Crippen LogP contribution is -2.41. The number of sulfonamides is 1. The number of para-hydroxylation sites is 1. The zero-order chi connectivity index (χ0) is 17.9. The van der Waals surface area contributed by atoms with Crippen LogP contribution in [0, 0.1) is 0 Å². The van der Waals surface area contributed by atoms with Crippen molar-refractivity contribution in [3.05, 3.63) is 57.5 Å². The molecule has 128 valence electrons. The Morgan fingerprint density at radius 3 is 2.38 bits per heavy atom. The highest BCUT2D eigenvalue weighted by molar-refractivity contribution is 7.89. The van der Waals surface area contributed by atoms with E-state index in [1.807, 2.05) is 0 Å². The van der Waals surface area contributed by atoms with Gasteiger partial charge in [0, 0.05) is 5.02 Å². The monoisotopic (exact) mass is 406 g/mol. The van der Waals surface area contributed by atoms with Gasteiger partial charge < -0.3 is 5.32 Å². The largest absolute Gasteiger partial charge is 0.323 e. The third kappa shape index (κ3) is 4.62. The molecule has 0 aliphatic rings. The minimum Gasteiger partial charge on any atom is -0.323 e.